The number of rotatable bonds is 5. The summed E-state index contributed by atoms with van der Waals surface area (Å²) >= 11 is 0. The van der Waals surface area contributed by atoms with Gasteiger partial charge in [0.25, 0.3) is 0 Å². The second-order valence-electron chi connectivity index (χ2n) is 8.40. The molecule has 3 rings (SSSR count). The van der Waals surface area contributed by atoms with Gasteiger partial charge in [0, 0.05) is 18.5 Å². The van der Waals surface area contributed by atoms with Crippen LogP contribution in [0.3, 0.4) is 0 Å². The molecule has 2 saturated heterocycles. The third kappa shape index (κ3) is 5.01. The van der Waals surface area contributed by atoms with Crippen LogP contribution in [0.2, 0.25) is 0 Å². The molecular formula is C18H31N5O2. The molecule has 0 radical (unpaired) electrons. The second-order valence-corrected chi connectivity index (χ2v) is 8.40. The molecule has 0 bridgehead atoms. The Kier molecular flexibility index (Phi) is 5.74. The number of carbonyl (C=O) groups is 1. The highest BCUT2D eigenvalue weighted by Gasteiger charge is 2.26. The number of carbonyl (C=O) groups excluding carboxylic acids is 1. The van der Waals surface area contributed by atoms with E-state index >= 15 is 0 Å². The van der Waals surface area contributed by atoms with E-state index in [9.17, 15) is 4.79 Å². The van der Waals surface area contributed by atoms with Crippen molar-refractivity contribution in [2.75, 3.05) is 26.2 Å². The van der Waals surface area contributed by atoms with Crippen molar-refractivity contribution in [3.05, 3.63) is 11.7 Å². The first-order valence-corrected chi connectivity index (χ1v) is 9.48. The Morgan fingerprint density at radius 3 is 2.88 bits per heavy atom. The third-order valence-electron chi connectivity index (χ3n) is 5.04. The number of nitrogens with one attached hydrogen (secondary N) is 2. The smallest absolute Gasteiger partial charge is 0.240 e. The monoisotopic (exact) mass is 349 g/mol. The maximum Gasteiger partial charge on any atom is 0.240 e. The Hall–Kier alpha value is -1.47. The number of likely N-dealkylation sites (tertiary alicyclic amines) is 1. The largest absolute Gasteiger partial charge is 0.354 e. The lowest BCUT2D eigenvalue weighted by Gasteiger charge is -2.32. The topological polar surface area (TPSA) is 83.3 Å². The van der Waals surface area contributed by atoms with Gasteiger partial charge in [-0.2, -0.15) is 4.98 Å². The van der Waals surface area contributed by atoms with Crippen LogP contribution in [-0.4, -0.2) is 53.2 Å². The summed E-state index contributed by atoms with van der Waals surface area (Å²) in [5, 5.41) is 10.5. The van der Waals surface area contributed by atoms with Gasteiger partial charge < -0.3 is 15.2 Å². The predicted octanol–water partition coefficient (Wildman–Crippen LogP) is 1.45. The molecule has 2 atom stereocenters. The molecule has 2 fully saturated rings. The Morgan fingerprint density at radius 2 is 2.20 bits per heavy atom. The molecule has 2 N–H and O–H groups in total. The molecule has 1 aromatic heterocycles. The standard InChI is InChI=1S/C18H31N5O2/c1-18(2,3)17-21-15(25-22-17)12-23-9-5-6-13(11-23)10-20-16(24)14-7-4-8-19-14/h13-14,19H,4-12H2,1-3H3,(H,20,24). The molecule has 0 aliphatic carbocycles. The van der Waals surface area contributed by atoms with Gasteiger partial charge in [-0.05, 0) is 44.7 Å². The summed E-state index contributed by atoms with van der Waals surface area (Å²) in [6, 6.07) is 0.00825. The summed E-state index contributed by atoms with van der Waals surface area (Å²) in [5.74, 6) is 2.09. The van der Waals surface area contributed by atoms with E-state index in [0.717, 1.165) is 57.7 Å². The maximum atomic E-state index is 12.1. The summed E-state index contributed by atoms with van der Waals surface area (Å²) in [5.41, 5.74) is -0.0925. The fraction of sp³-hybridized carbons (Fsp3) is 0.833. The Labute approximate surface area is 149 Å². The van der Waals surface area contributed by atoms with Crippen LogP contribution in [0.25, 0.3) is 0 Å². The third-order valence-corrected chi connectivity index (χ3v) is 5.04. The number of piperidine rings is 1. The lowest BCUT2D eigenvalue weighted by atomic mass is 9.96. The molecule has 2 unspecified atom stereocenters. The second kappa shape index (κ2) is 7.83. The van der Waals surface area contributed by atoms with Crippen LogP contribution >= 0.6 is 0 Å². The molecule has 7 nitrogen and oxygen atoms in total. The van der Waals surface area contributed by atoms with E-state index in [1.54, 1.807) is 0 Å². The first kappa shape index (κ1) is 18.3. The lowest BCUT2D eigenvalue weighted by molar-refractivity contribution is -0.123. The van der Waals surface area contributed by atoms with Gasteiger partial charge in [-0.1, -0.05) is 25.9 Å². The maximum absolute atomic E-state index is 12.1. The van der Waals surface area contributed by atoms with Crippen molar-refractivity contribution in [3.63, 3.8) is 0 Å². The van der Waals surface area contributed by atoms with Gasteiger partial charge in [-0.25, -0.2) is 0 Å². The molecule has 0 spiro atoms. The zero-order valence-electron chi connectivity index (χ0n) is 15.7. The van der Waals surface area contributed by atoms with Crippen molar-refractivity contribution in [2.45, 2.75) is 64.5 Å². The zero-order valence-corrected chi connectivity index (χ0v) is 15.7. The van der Waals surface area contributed by atoms with E-state index in [-0.39, 0.29) is 17.4 Å². The van der Waals surface area contributed by atoms with Crippen LogP contribution in [0, 0.1) is 5.92 Å². The molecule has 25 heavy (non-hydrogen) atoms. The molecule has 0 aromatic carbocycles. The van der Waals surface area contributed by atoms with Crippen molar-refractivity contribution in [2.24, 2.45) is 5.92 Å². The van der Waals surface area contributed by atoms with Gasteiger partial charge in [-0.3, -0.25) is 9.69 Å². The molecule has 140 valence electrons. The summed E-state index contributed by atoms with van der Waals surface area (Å²) in [6.07, 6.45) is 4.35. The number of aromatic nitrogens is 2. The molecule has 1 aromatic rings. The van der Waals surface area contributed by atoms with Crippen LogP contribution in [0.5, 0.6) is 0 Å². The van der Waals surface area contributed by atoms with Crippen molar-refractivity contribution < 1.29 is 9.32 Å². The lowest BCUT2D eigenvalue weighted by Crippen LogP contribution is -2.45. The molecule has 3 heterocycles. The highest BCUT2D eigenvalue weighted by molar-refractivity contribution is 5.81. The van der Waals surface area contributed by atoms with Gasteiger partial charge in [0.1, 0.15) is 0 Å². The zero-order chi connectivity index (χ0) is 17.9. The Bertz CT molecular complexity index is 574. The SMILES string of the molecule is CC(C)(C)c1noc(CN2CCCC(CNC(=O)C3CCCN3)C2)n1. The van der Waals surface area contributed by atoms with E-state index in [4.69, 9.17) is 4.52 Å². The number of hydrogen-bond acceptors (Lipinski definition) is 6. The molecule has 2 aliphatic heterocycles. The van der Waals surface area contributed by atoms with Gasteiger partial charge in [0.2, 0.25) is 11.8 Å². The fourth-order valence-electron chi connectivity index (χ4n) is 3.55. The van der Waals surface area contributed by atoms with Crippen LogP contribution in [0.15, 0.2) is 4.52 Å². The minimum absolute atomic E-state index is 0.00825. The summed E-state index contributed by atoms with van der Waals surface area (Å²) < 4.78 is 5.41. The first-order chi connectivity index (χ1) is 11.9. The number of amides is 1. The number of nitrogens with zero attached hydrogens (tertiary/aromatic N) is 3. The summed E-state index contributed by atoms with van der Waals surface area (Å²) in [4.78, 5) is 19.0. The summed E-state index contributed by atoms with van der Waals surface area (Å²) in [6.45, 7) is 10.7. The highest BCUT2D eigenvalue weighted by atomic mass is 16.5. The highest BCUT2D eigenvalue weighted by Crippen LogP contribution is 2.21. The van der Waals surface area contributed by atoms with Gasteiger partial charge in [-0.15, -0.1) is 0 Å². The van der Waals surface area contributed by atoms with Crippen molar-refractivity contribution in [1.82, 2.24) is 25.7 Å². The van der Waals surface area contributed by atoms with Crippen molar-refractivity contribution in [1.29, 1.82) is 0 Å². The van der Waals surface area contributed by atoms with E-state index < -0.39 is 0 Å². The van der Waals surface area contributed by atoms with Crippen LogP contribution in [-0.2, 0) is 16.8 Å². The van der Waals surface area contributed by atoms with E-state index in [1.807, 2.05) is 0 Å². The fourth-order valence-corrected chi connectivity index (χ4v) is 3.55. The van der Waals surface area contributed by atoms with Crippen molar-refractivity contribution >= 4 is 5.91 Å². The Balaban J connectivity index is 1.46. The average molecular weight is 349 g/mol. The first-order valence-electron chi connectivity index (χ1n) is 9.48. The van der Waals surface area contributed by atoms with Crippen LogP contribution in [0.4, 0.5) is 0 Å². The van der Waals surface area contributed by atoms with Crippen LogP contribution in [0.1, 0.15) is 58.2 Å². The quantitative estimate of drug-likeness (QED) is 0.837. The van der Waals surface area contributed by atoms with E-state index in [1.165, 1.54) is 0 Å². The summed E-state index contributed by atoms with van der Waals surface area (Å²) in [7, 11) is 0. The Morgan fingerprint density at radius 1 is 1.36 bits per heavy atom. The minimum Gasteiger partial charge on any atom is -0.354 e. The molecular weight excluding hydrogens is 318 g/mol. The predicted molar refractivity (Wildman–Crippen MR) is 95.0 cm³/mol. The van der Waals surface area contributed by atoms with Gasteiger partial charge in [0.05, 0.1) is 12.6 Å². The van der Waals surface area contributed by atoms with Gasteiger partial charge >= 0.3 is 0 Å². The molecule has 2 aliphatic rings. The van der Waals surface area contributed by atoms with Crippen molar-refractivity contribution in [3.8, 4) is 0 Å². The van der Waals surface area contributed by atoms with E-state index in [2.05, 4.69) is 46.4 Å². The molecule has 7 heteroatoms. The average Bonchev–Trinajstić information content (AvgIpc) is 3.24. The minimum atomic E-state index is -0.0925. The van der Waals surface area contributed by atoms with Crippen LogP contribution < -0.4 is 10.6 Å². The number of hydrogen-bond donors (Lipinski definition) is 2. The van der Waals surface area contributed by atoms with E-state index in [0.29, 0.717) is 18.4 Å². The molecule has 0 saturated carbocycles. The van der Waals surface area contributed by atoms with Gasteiger partial charge in [0.15, 0.2) is 5.82 Å². The molecule has 1 amide bonds. The normalized spacial score (nSPS) is 25.2.